The molecule has 0 spiro atoms. The molecule has 0 atom stereocenters. The molecule has 0 saturated heterocycles. The highest BCUT2D eigenvalue weighted by Gasteiger charge is 2.11. The van der Waals surface area contributed by atoms with Crippen LogP contribution in [0, 0.1) is 0 Å². The van der Waals surface area contributed by atoms with Crippen LogP contribution in [0.15, 0.2) is 47.6 Å². The summed E-state index contributed by atoms with van der Waals surface area (Å²) in [7, 11) is 0. The summed E-state index contributed by atoms with van der Waals surface area (Å²) in [6.07, 6.45) is 3.37. The molecule has 1 rings (SSSR count). The summed E-state index contributed by atoms with van der Waals surface area (Å²) in [5.74, 6) is -1.31. The molecule has 106 valence electrons. The van der Waals surface area contributed by atoms with Crippen molar-refractivity contribution in [1.82, 2.24) is 0 Å². The van der Waals surface area contributed by atoms with Crippen molar-refractivity contribution >= 4 is 17.5 Å². The van der Waals surface area contributed by atoms with Crippen LogP contribution in [0.25, 0.3) is 0 Å². The second kappa shape index (κ2) is 6.56. The lowest BCUT2D eigenvalue weighted by molar-refractivity contribution is -0.115. The minimum absolute atomic E-state index is 0.293. The second-order valence-corrected chi connectivity index (χ2v) is 4.62. The van der Waals surface area contributed by atoms with Crippen LogP contribution in [0.1, 0.15) is 25.3 Å². The number of carbonyl (C=O) groups excluding carboxylic acids is 2. The van der Waals surface area contributed by atoms with Crippen molar-refractivity contribution in [3.8, 4) is 0 Å². The van der Waals surface area contributed by atoms with Crippen molar-refractivity contribution in [2.24, 2.45) is 11.5 Å². The molecule has 1 aromatic carbocycles. The van der Waals surface area contributed by atoms with Crippen molar-refractivity contribution in [1.29, 1.82) is 0 Å². The van der Waals surface area contributed by atoms with Gasteiger partial charge >= 0.3 is 0 Å². The fourth-order valence-corrected chi connectivity index (χ4v) is 1.71. The quantitative estimate of drug-likeness (QED) is 0.553. The molecule has 0 aliphatic heterocycles. The number of rotatable bonds is 5. The Hall–Kier alpha value is -2.56. The van der Waals surface area contributed by atoms with Crippen molar-refractivity contribution in [2.75, 3.05) is 5.73 Å². The standard InChI is InChI=1S/C15H19N3O2/c1-9(14(17)19)6-12(7-10(2)15(18)20)11-4-3-5-13(16)8-11/h3-8,12H,16H2,1-2H3,(H2,17,19)(H2,18,20). The van der Waals surface area contributed by atoms with Crippen molar-refractivity contribution in [3.63, 3.8) is 0 Å². The third kappa shape index (κ3) is 4.28. The maximum absolute atomic E-state index is 11.2. The van der Waals surface area contributed by atoms with Crippen molar-refractivity contribution < 1.29 is 9.59 Å². The molecule has 0 saturated carbocycles. The van der Waals surface area contributed by atoms with Crippen LogP contribution in [0.4, 0.5) is 5.69 Å². The van der Waals surface area contributed by atoms with Gasteiger partial charge in [-0.25, -0.2) is 0 Å². The number of nitrogens with two attached hydrogens (primary N) is 3. The number of allylic oxidation sites excluding steroid dienone is 2. The Morgan fingerprint density at radius 2 is 1.55 bits per heavy atom. The number of carbonyl (C=O) groups is 2. The largest absolute Gasteiger partial charge is 0.399 e. The number of hydrogen-bond donors (Lipinski definition) is 3. The molecule has 6 N–H and O–H groups in total. The Bertz CT molecular complexity index is 559. The zero-order chi connectivity index (χ0) is 15.3. The molecule has 0 aliphatic carbocycles. The third-order valence-corrected chi connectivity index (χ3v) is 2.93. The van der Waals surface area contributed by atoms with Gasteiger partial charge in [0.05, 0.1) is 0 Å². The minimum atomic E-state index is -0.510. The summed E-state index contributed by atoms with van der Waals surface area (Å²) in [5, 5.41) is 0. The first-order valence-electron chi connectivity index (χ1n) is 6.13. The Balaban J connectivity index is 3.28. The van der Waals surface area contributed by atoms with Crippen LogP contribution < -0.4 is 17.2 Å². The van der Waals surface area contributed by atoms with Crippen molar-refractivity contribution in [2.45, 2.75) is 19.8 Å². The Morgan fingerprint density at radius 3 is 1.95 bits per heavy atom. The molecule has 0 bridgehead atoms. The van der Waals surface area contributed by atoms with E-state index in [-0.39, 0.29) is 5.92 Å². The average molecular weight is 273 g/mol. The van der Waals surface area contributed by atoms with E-state index >= 15 is 0 Å². The highest BCUT2D eigenvalue weighted by molar-refractivity contribution is 5.92. The predicted molar refractivity (Wildman–Crippen MR) is 79.5 cm³/mol. The van der Waals surface area contributed by atoms with E-state index in [2.05, 4.69) is 0 Å². The van der Waals surface area contributed by atoms with E-state index in [4.69, 9.17) is 17.2 Å². The second-order valence-electron chi connectivity index (χ2n) is 4.62. The molecular weight excluding hydrogens is 254 g/mol. The molecule has 0 aromatic heterocycles. The van der Waals surface area contributed by atoms with Crippen LogP contribution >= 0.6 is 0 Å². The lowest BCUT2D eigenvalue weighted by Crippen LogP contribution is -2.14. The Labute approximate surface area is 118 Å². The smallest absolute Gasteiger partial charge is 0.244 e. The molecule has 0 heterocycles. The first-order valence-corrected chi connectivity index (χ1v) is 6.13. The zero-order valence-corrected chi connectivity index (χ0v) is 11.6. The SMILES string of the molecule is CC(=CC(C=C(C)C(N)=O)c1cccc(N)c1)C(N)=O. The molecule has 0 radical (unpaired) electrons. The van der Waals surface area contributed by atoms with E-state index in [1.807, 2.05) is 6.07 Å². The number of amides is 2. The zero-order valence-electron chi connectivity index (χ0n) is 11.6. The van der Waals surface area contributed by atoms with Gasteiger partial charge in [0.2, 0.25) is 11.8 Å². The topological polar surface area (TPSA) is 112 Å². The summed E-state index contributed by atoms with van der Waals surface area (Å²) < 4.78 is 0. The normalized spacial score (nSPS) is 13.9. The molecule has 5 heteroatoms. The van der Waals surface area contributed by atoms with E-state index in [9.17, 15) is 9.59 Å². The van der Waals surface area contributed by atoms with Crippen LogP contribution in [0.5, 0.6) is 0 Å². The summed E-state index contributed by atoms with van der Waals surface area (Å²) >= 11 is 0. The molecular formula is C15H19N3O2. The highest BCUT2D eigenvalue weighted by Crippen LogP contribution is 2.23. The first kappa shape index (κ1) is 15.5. The van der Waals surface area contributed by atoms with Gasteiger partial charge in [-0.1, -0.05) is 24.3 Å². The minimum Gasteiger partial charge on any atom is -0.399 e. The van der Waals surface area contributed by atoms with Crippen molar-refractivity contribution in [3.05, 3.63) is 53.1 Å². The lowest BCUT2D eigenvalue weighted by atomic mass is 9.94. The number of benzene rings is 1. The monoisotopic (exact) mass is 273 g/mol. The van der Waals surface area contributed by atoms with E-state index in [1.165, 1.54) is 0 Å². The number of primary amides is 2. The maximum atomic E-state index is 11.2. The van der Waals surface area contributed by atoms with Gasteiger partial charge in [0.1, 0.15) is 0 Å². The number of anilines is 1. The predicted octanol–water partition coefficient (Wildman–Crippen LogP) is 1.22. The number of nitrogen functional groups attached to an aromatic ring is 1. The maximum Gasteiger partial charge on any atom is 0.244 e. The first-order chi connectivity index (χ1) is 9.31. The molecule has 2 amide bonds. The van der Waals surface area contributed by atoms with E-state index in [1.54, 1.807) is 44.2 Å². The molecule has 0 unspecified atom stereocenters. The molecule has 5 nitrogen and oxygen atoms in total. The fourth-order valence-electron chi connectivity index (χ4n) is 1.71. The summed E-state index contributed by atoms with van der Waals surface area (Å²) in [4.78, 5) is 22.3. The van der Waals surface area contributed by atoms with Gasteiger partial charge in [-0.05, 0) is 31.5 Å². The van der Waals surface area contributed by atoms with E-state index < -0.39 is 11.8 Å². The van der Waals surface area contributed by atoms with E-state index in [0.29, 0.717) is 16.8 Å². The fraction of sp³-hybridized carbons (Fsp3) is 0.200. The van der Waals surface area contributed by atoms with Gasteiger partial charge in [0, 0.05) is 22.8 Å². The van der Waals surface area contributed by atoms with E-state index in [0.717, 1.165) is 5.56 Å². The average Bonchev–Trinajstić information content (AvgIpc) is 2.37. The summed E-state index contributed by atoms with van der Waals surface area (Å²) in [6, 6.07) is 7.20. The third-order valence-electron chi connectivity index (χ3n) is 2.93. The molecule has 20 heavy (non-hydrogen) atoms. The van der Waals surface area contributed by atoms with Gasteiger partial charge in [0.15, 0.2) is 0 Å². The number of hydrogen-bond acceptors (Lipinski definition) is 3. The summed E-state index contributed by atoms with van der Waals surface area (Å²) in [6.45, 7) is 3.24. The lowest BCUT2D eigenvalue weighted by Gasteiger charge is -2.12. The molecule has 0 fully saturated rings. The molecule has 0 aliphatic rings. The van der Waals surface area contributed by atoms with Gasteiger partial charge in [-0.3, -0.25) is 9.59 Å². The summed E-state index contributed by atoms with van der Waals surface area (Å²) in [5.41, 5.74) is 18.5. The molecule has 1 aromatic rings. The van der Waals surface area contributed by atoms with Gasteiger partial charge in [-0.2, -0.15) is 0 Å². The Morgan fingerprint density at radius 1 is 1.05 bits per heavy atom. The van der Waals surface area contributed by atoms with Gasteiger partial charge in [-0.15, -0.1) is 0 Å². The van der Waals surface area contributed by atoms with Crippen LogP contribution in [-0.4, -0.2) is 11.8 Å². The van der Waals surface area contributed by atoms with Crippen LogP contribution in [-0.2, 0) is 9.59 Å². The Kier molecular flexibility index (Phi) is 5.08. The van der Waals surface area contributed by atoms with Gasteiger partial charge < -0.3 is 17.2 Å². The van der Waals surface area contributed by atoms with Crippen LogP contribution in [0.3, 0.4) is 0 Å². The highest BCUT2D eigenvalue weighted by atomic mass is 16.1. The van der Waals surface area contributed by atoms with Gasteiger partial charge in [0.25, 0.3) is 0 Å². The van der Waals surface area contributed by atoms with Crippen LogP contribution in [0.2, 0.25) is 0 Å².